The summed E-state index contributed by atoms with van der Waals surface area (Å²) in [7, 11) is 0. The van der Waals surface area contributed by atoms with Gasteiger partial charge in [0.25, 0.3) is 0 Å². The van der Waals surface area contributed by atoms with Crippen molar-refractivity contribution in [1.82, 2.24) is 19.8 Å². The highest BCUT2D eigenvalue weighted by atomic mass is 16.5. The molecule has 0 radical (unpaired) electrons. The minimum Gasteiger partial charge on any atom is -0.365 e. The van der Waals surface area contributed by atoms with Gasteiger partial charge in [0.15, 0.2) is 0 Å². The Labute approximate surface area is 151 Å². The molecule has 0 spiro atoms. The van der Waals surface area contributed by atoms with Crippen molar-refractivity contribution in [3.63, 3.8) is 0 Å². The summed E-state index contributed by atoms with van der Waals surface area (Å²) in [4.78, 5) is 15.8. The Morgan fingerprint density at radius 1 is 1.00 bits per heavy atom. The van der Waals surface area contributed by atoms with Crippen molar-refractivity contribution in [2.24, 2.45) is 0 Å². The normalized spacial score (nSPS) is 20.3. The van der Waals surface area contributed by atoms with E-state index in [1.54, 1.807) is 12.4 Å². The quantitative estimate of drug-likeness (QED) is 0.746. The van der Waals surface area contributed by atoms with E-state index in [1.807, 2.05) is 6.07 Å². The highest BCUT2D eigenvalue weighted by Crippen LogP contribution is 2.17. The first kappa shape index (κ1) is 18.1. The lowest BCUT2D eigenvalue weighted by molar-refractivity contribution is 0.0592. The smallest absolute Gasteiger partial charge is 0.225 e. The molecule has 0 aliphatic carbocycles. The molecule has 25 heavy (non-hydrogen) atoms. The maximum atomic E-state index is 5.92. The van der Waals surface area contributed by atoms with E-state index < -0.39 is 0 Å². The summed E-state index contributed by atoms with van der Waals surface area (Å²) in [6.07, 6.45) is 5.92. The van der Waals surface area contributed by atoms with Crippen LogP contribution in [0.2, 0.25) is 0 Å². The van der Waals surface area contributed by atoms with Gasteiger partial charge in [0, 0.05) is 51.7 Å². The van der Waals surface area contributed by atoms with Crippen LogP contribution < -0.4 is 4.90 Å². The van der Waals surface area contributed by atoms with Crippen molar-refractivity contribution in [2.45, 2.75) is 25.9 Å². The molecule has 2 aliphatic rings. The third kappa shape index (κ3) is 5.67. The lowest BCUT2D eigenvalue weighted by Crippen LogP contribution is -2.46. The second-order valence-corrected chi connectivity index (χ2v) is 6.61. The fourth-order valence-corrected chi connectivity index (χ4v) is 3.32. The van der Waals surface area contributed by atoms with Gasteiger partial charge >= 0.3 is 0 Å². The van der Waals surface area contributed by atoms with E-state index in [1.165, 1.54) is 13.1 Å². The van der Waals surface area contributed by atoms with Crippen LogP contribution in [0, 0.1) is 11.8 Å². The van der Waals surface area contributed by atoms with Gasteiger partial charge in [-0.3, -0.25) is 4.90 Å². The number of ether oxygens (including phenoxy) is 1. The lowest BCUT2D eigenvalue weighted by Gasteiger charge is -2.32. The van der Waals surface area contributed by atoms with Crippen molar-refractivity contribution in [3.05, 3.63) is 18.5 Å². The summed E-state index contributed by atoms with van der Waals surface area (Å²) >= 11 is 0. The number of rotatable bonds is 5. The van der Waals surface area contributed by atoms with Gasteiger partial charge in [0.2, 0.25) is 5.95 Å². The average Bonchev–Trinajstić information content (AvgIpc) is 2.69. The molecule has 2 fully saturated rings. The third-order valence-corrected chi connectivity index (χ3v) is 5.01. The standard InChI is InChI=1S/C19H29N5O/c1-2-22-13-15-23(16-14-22)10-3-4-17-25-18-6-11-24(12-7-18)19-20-8-5-9-21-19/h5,8-9,18H,2,6-7,10-17H2,1H3. The molecule has 2 saturated heterocycles. The molecule has 2 aliphatic heterocycles. The van der Waals surface area contributed by atoms with Gasteiger partial charge in [0.1, 0.15) is 6.61 Å². The number of piperidine rings is 1. The average molecular weight is 343 g/mol. The molecule has 1 aromatic heterocycles. The molecule has 6 heteroatoms. The zero-order chi connectivity index (χ0) is 17.3. The van der Waals surface area contributed by atoms with Crippen LogP contribution in [0.5, 0.6) is 0 Å². The topological polar surface area (TPSA) is 44.7 Å². The van der Waals surface area contributed by atoms with Crippen LogP contribution in [-0.2, 0) is 4.74 Å². The molecular formula is C19H29N5O. The van der Waals surface area contributed by atoms with Crippen LogP contribution in [0.25, 0.3) is 0 Å². The monoisotopic (exact) mass is 343 g/mol. The Bertz CT molecular complexity index is 554. The molecule has 3 heterocycles. The molecule has 0 N–H and O–H groups in total. The summed E-state index contributed by atoms with van der Waals surface area (Å²) in [5, 5.41) is 0. The number of piperazine rings is 1. The minimum absolute atomic E-state index is 0.308. The van der Waals surface area contributed by atoms with Gasteiger partial charge in [-0.2, -0.15) is 0 Å². The van der Waals surface area contributed by atoms with E-state index in [2.05, 4.69) is 43.4 Å². The van der Waals surface area contributed by atoms with Crippen LogP contribution in [0.15, 0.2) is 18.5 Å². The summed E-state index contributed by atoms with van der Waals surface area (Å²) in [6, 6.07) is 1.85. The first-order valence-corrected chi connectivity index (χ1v) is 9.39. The number of likely N-dealkylation sites (N-methyl/N-ethyl adjacent to an activating group) is 1. The Balaban J connectivity index is 1.29. The fraction of sp³-hybridized carbons (Fsp3) is 0.684. The molecule has 136 valence electrons. The van der Waals surface area contributed by atoms with Gasteiger partial charge < -0.3 is 14.5 Å². The van der Waals surface area contributed by atoms with E-state index in [-0.39, 0.29) is 0 Å². The molecule has 0 atom stereocenters. The second-order valence-electron chi connectivity index (χ2n) is 6.61. The van der Waals surface area contributed by atoms with Gasteiger partial charge in [-0.1, -0.05) is 18.8 Å². The van der Waals surface area contributed by atoms with Crippen LogP contribution in [0.3, 0.4) is 0 Å². The lowest BCUT2D eigenvalue weighted by atomic mass is 10.1. The predicted octanol–water partition coefficient (Wildman–Crippen LogP) is 1.10. The van der Waals surface area contributed by atoms with Gasteiger partial charge in [-0.25, -0.2) is 9.97 Å². The van der Waals surface area contributed by atoms with Gasteiger partial charge in [-0.05, 0) is 25.5 Å². The molecule has 0 amide bonds. The number of nitrogens with zero attached hydrogens (tertiary/aromatic N) is 5. The molecule has 0 saturated carbocycles. The van der Waals surface area contributed by atoms with Crippen LogP contribution >= 0.6 is 0 Å². The molecule has 6 nitrogen and oxygen atoms in total. The Morgan fingerprint density at radius 2 is 1.68 bits per heavy atom. The summed E-state index contributed by atoms with van der Waals surface area (Å²) in [5.41, 5.74) is 0. The third-order valence-electron chi connectivity index (χ3n) is 5.01. The van der Waals surface area contributed by atoms with Crippen molar-refractivity contribution in [3.8, 4) is 11.8 Å². The number of anilines is 1. The second kappa shape index (κ2) is 9.71. The SMILES string of the molecule is CCN1CCN(CC#CCOC2CCN(c3ncccn3)CC2)CC1. The predicted molar refractivity (Wildman–Crippen MR) is 99.5 cm³/mol. The molecule has 0 bridgehead atoms. The van der Waals surface area contributed by atoms with E-state index in [0.29, 0.717) is 12.7 Å². The number of hydrogen-bond acceptors (Lipinski definition) is 6. The van der Waals surface area contributed by atoms with Gasteiger partial charge in [0.05, 0.1) is 12.6 Å². The van der Waals surface area contributed by atoms with Crippen molar-refractivity contribution < 1.29 is 4.74 Å². The maximum Gasteiger partial charge on any atom is 0.225 e. The zero-order valence-electron chi connectivity index (χ0n) is 15.2. The van der Waals surface area contributed by atoms with Crippen LogP contribution in [0.1, 0.15) is 19.8 Å². The van der Waals surface area contributed by atoms with Crippen molar-refractivity contribution in [2.75, 3.05) is 63.9 Å². The summed E-state index contributed by atoms with van der Waals surface area (Å²) < 4.78 is 5.92. The van der Waals surface area contributed by atoms with E-state index in [4.69, 9.17) is 4.74 Å². The summed E-state index contributed by atoms with van der Waals surface area (Å²) in [5.74, 6) is 7.27. The molecule has 0 aromatic carbocycles. The first-order chi connectivity index (χ1) is 12.3. The van der Waals surface area contributed by atoms with Crippen molar-refractivity contribution in [1.29, 1.82) is 0 Å². The highest BCUT2D eigenvalue weighted by molar-refractivity contribution is 5.28. The van der Waals surface area contributed by atoms with Crippen LogP contribution in [-0.4, -0.2) is 84.8 Å². The Kier molecular flexibility index (Phi) is 7.04. The minimum atomic E-state index is 0.308. The number of aromatic nitrogens is 2. The largest absolute Gasteiger partial charge is 0.365 e. The molecule has 3 rings (SSSR count). The van der Waals surface area contributed by atoms with E-state index in [0.717, 1.165) is 58.1 Å². The first-order valence-electron chi connectivity index (χ1n) is 9.39. The molecular weight excluding hydrogens is 314 g/mol. The molecule has 1 aromatic rings. The van der Waals surface area contributed by atoms with Crippen LogP contribution in [0.4, 0.5) is 5.95 Å². The Morgan fingerprint density at radius 3 is 2.36 bits per heavy atom. The number of hydrogen-bond donors (Lipinski definition) is 0. The Hall–Kier alpha value is -1.68. The highest BCUT2D eigenvalue weighted by Gasteiger charge is 2.20. The maximum absolute atomic E-state index is 5.92. The zero-order valence-corrected chi connectivity index (χ0v) is 15.2. The molecule has 0 unspecified atom stereocenters. The summed E-state index contributed by atoms with van der Waals surface area (Å²) in [6.45, 7) is 11.3. The van der Waals surface area contributed by atoms with Crippen molar-refractivity contribution >= 4 is 5.95 Å². The van der Waals surface area contributed by atoms with Gasteiger partial charge in [-0.15, -0.1) is 0 Å². The van der Waals surface area contributed by atoms with E-state index in [9.17, 15) is 0 Å². The fourth-order valence-electron chi connectivity index (χ4n) is 3.32. The van der Waals surface area contributed by atoms with E-state index >= 15 is 0 Å².